The summed E-state index contributed by atoms with van der Waals surface area (Å²) >= 11 is 0. The summed E-state index contributed by atoms with van der Waals surface area (Å²) in [5, 5.41) is 2.75. The van der Waals surface area contributed by atoms with E-state index in [0.29, 0.717) is 0 Å². The molecule has 74 valence electrons. The number of hydrogen-bond acceptors (Lipinski definition) is 4. The number of rotatable bonds is 0. The van der Waals surface area contributed by atoms with Crippen molar-refractivity contribution in [1.29, 1.82) is 0 Å². The van der Waals surface area contributed by atoms with Gasteiger partial charge in [-0.15, -0.1) is 0 Å². The average Bonchev–Trinajstić information content (AvgIpc) is 2.08. The van der Waals surface area contributed by atoms with E-state index >= 15 is 0 Å². The maximum Gasteiger partial charge on any atom is 0.309 e. The van der Waals surface area contributed by atoms with Gasteiger partial charge in [0, 0.05) is 12.4 Å². The summed E-state index contributed by atoms with van der Waals surface area (Å²) in [6, 6.07) is 0.944. The van der Waals surface area contributed by atoms with Gasteiger partial charge < -0.3 is 16.8 Å². The highest BCUT2D eigenvalue weighted by Crippen LogP contribution is 1.66. The molecule has 13 heavy (non-hydrogen) atoms. The van der Waals surface area contributed by atoms with Gasteiger partial charge in [-0.3, -0.25) is 0 Å². The zero-order chi connectivity index (χ0) is 10.5. The zero-order valence-corrected chi connectivity index (χ0v) is 7.77. The van der Waals surface area contributed by atoms with Gasteiger partial charge in [0.15, 0.2) is 0 Å². The van der Waals surface area contributed by atoms with Crippen LogP contribution in [0.1, 0.15) is 0 Å². The molecule has 0 aliphatic heterocycles. The molecule has 0 aliphatic rings. The molecule has 0 atom stereocenters. The van der Waals surface area contributed by atoms with E-state index in [2.05, 4.69) is 26.8 Å². The monoisotopic (exact) mass is 185 g/mol. The summed E-state index contributed by atoms with van der Waals surface area (Å²) in [5.41, 5.74) is 8.50. The van der Waals surface area contributed by atoms with Gasteiger partial charge in [0.25, 0.3) is 0 Å². The Morgan fingerprint density at radius 1 is 1.23 bits per heavy atom. The van der Waals surface area contributed by atoms with Crippen molar-refractivity contribution in [3.63, 3.8) is 0 Å². The number of primary amides is 2. The average molecular weight is 185 g/mol. The van der Waals surface area contributed by atoms with Crippen molar-refractivity contribution in [2.75, 3.05) is 14.1 Å². The molecule has 1 aromatic rings. The number of urea groups is 1. The molecule has 0 saturated carbocycles. The minimum absolute atomic E-state index is 0.833. The van der Waals surface area contributed by atoms with Crippen LogP contribution in [0.2, 0.25) is 0 Å². The molecule has 1 rings (SSSR count). The summed E-state index contributed by atoms with van der Waals surface area (Å²) in [4.78, 5) is 16.3. The molecule has 0 fully saturated rings. The molecule has 6 heteroatoms. The molecular weight excluding hydrogens is 170 g/mol. The van der Waals surface area contributed by atoms with Crippen LogP contribution in [0.4, 0.5) is 4.79 Å². The van der Waals surface area contributed by atoms with Gasteiger partial charge in [-0.25, -0.2) is 14.8 Å². The summed E-state index contributed by atoms with van der Waals surface area (Å²) < 4.78 is 0. The van der Waals surface area contributed by atoms with Gasteiger partial charge >= 0.3 is 6.03 Å². The number of aromatic nitrogens is 2. The summed E-state index contributed by atoms with van der Waals surface area (Å²) in [7, 11) is 3.75. The fraction of sp³-hybridized carbons (Fsp3) is 0.286. The van der Waals surface area contributed by atoms with Gasteiger partial charge in [-0.2, -0.15) is 0 Å². The fourth-order valence-electron chi connectivity index (χ4n) is 0.253. The van der Waals surface area contributed by atoms with Gasteiger partial charge in [-0.1, -0.05) is 0 Å². The second-order valence-corrected chi connectivity index (χ2v) is 1.81. The first-order chi connectivity index (χ1) is 6.15. The van der Waals surface area contributed by atoms with Crippen molar-refractivity contribution in [2.24, 2.45) is 11.5 Å². The van der Waals surface area contributed by atoms with Crippen LogP contribution in [0.3, 0.4) is 0 Å². The maximum atomic E-state index is 9.00. The van der Waals surface area contributed by atoms with E-state index in [1.54, 1.807) is 18.5 Å². The van der Waals surface area contributed by atoms with Crippen LogP contribution in [0.5, 0.6) is 0 Å². The number of amides is 2. The molecule has 0 bridgehead atoms. The lowest BCUT2D eigenvalue weighted by Crippen LogP contribution is -2.18. The number of nitrogens with two attached hydrogens (primary N) is 2. The molecule has 0 unspecified atom stereocenters. The van der Waals surface area contributed by atoms with E-state index in [1.165, 1.54) is 6.33 Å². The Bertz CT molecular complexity index is 161. The predicted molar refractivity (Wildman–Crippen MR) is 50.8 cm³/mol. The van der Waals surface area contributed by atoms with Crippen LogP contribution in [0.25, 0.3) is 0 Å². The summed E-state index contributed by atoms with van der Waals surface area (Å²) in [5.74, 6) is 0. The Morgan fingerprint density at radius 2 is 1.54 bits per heavy atom. The standard InChI is InChI=1S/C4H4N2.C2H7N.CH4N2O/c1-2-5-4-6-3-1;1-3-2;2-1(3)4/h1-4H;3H,1-2H3;(H4,2,3,4). The Morgan fingerprint density at radius 3 is 1.62 bits per heavy atom. The third-order valence-corrected chi connectivity index (χ3v) is 0.478. The topological polar surface area (TPSA) is 107 Å². The van der Waals surface area contributed by atoms with Crippen molar-refractivity contribution in [1.82, 2.24) is 15.3 Å². The number of hydrogen-bond donors (Lipinski definition) is 3. The van der Waals surface area contributed by atoms with Crippen LogP contribution in [-0.2, 0) is 0 Å². The molecule has 0 saturated heterocycles. The Labute approximate surface area is 77.4 Å². The lowest BCUT2D eigenvalue weighted by atomic mass is 10.7. The Hall–Kier alpha value is -1.69. The first kappa shape index (κ1) is 13.9. The molecule has 0 spiro atoms. The minimum atomic E-state index is -0.833. The van der Waals surface area contributed by atoms with Crippen molar-refractivity contribution in [3.8, 4) is 0 Å². The van der Waals surface area contributed by atoms with E-state index in [9.17, 15) is 0 Å². The lowest BCUT2D eigenvalue weighted by molar-refractivity contribution is 0.256. The second-order valence-electron chi connectivity index (χ2n) is 1.81. The second kappa shape index (κ2) is 12.9. The van der Waals surface area contributed by atoms with Crippen molar-refractivity contribution < 1.29 is 4.79 Å². The van der Waals surface area contributed by atoms with Crippen LogP contribution in [-0.4, -0.2) is 30.1 Å². The molecular formula is C7H15N5O. The smallest absolute Gasteiger partial charge is 0.309 e. The molecule has 0 aliphatic carbocycles. The number of nitrogens with one attached hydrogen (secondary N) is 1. The largest absolute Gasteiger partial charge is 0.352 e. The lowest BCUT2D eigenvalue weighted by Gasteiger charge is -1.70. The van der Waals surface area contributed by atoms with Crippen molar-refractivity contribution in [2.45, 2.75) is 0 Å². The van der Waals surface area contributed by atoms with Gasteiger partial charge in [0.1, 0.15) is 6.33 Å². The first-order valence-electron chi connectivity index (χ1n) is 3.48. The molecule has 5 N–H and O–H groups in total. The van der Waals surface area contributed by atoms with Crippen molar-refractivity contribution in [3.05, 3.63) is 24.8 Å². The normalized spacial score (nSPS) is 6.92. The first-order valence-corrected chi connectivity index (χ1v) is 3.48. The maximum absolute atomic E-state index is 9.00. The summed E-state index contributed by atoms with van der Waals surface area (Å²) in [6.07, 6.45) is 4.88. The zero-order valence-electron chi connectivity index (χ0n) is 7.77. The van der Waals surface area contributed by atoms with E-state index in [4.69, 9.17) is 4.79 Å². The van der Waals surface area contributed by atoms with Crippen LogP contribution in [0, 0.1) is 0 Å². The highest BCUT2D eigenvalue weighted by atomic mass is 16.2. The highest BCUT2D eigenvalue weighted by Gasteiger charge is 1.60. The molecule has 0 aromatic carbocycles. The quantitative estimate of drug-likeness (QED) is 0.498. The summed E-state index contributed by atoms with van der Waals surface area (Å²) in [6.45, 7) is 0. The van der Waals surface area contributed by atoms with Crippen LogP contribution < -0.4 is 16.8 Å². The molecule has 1 heterocycles. The Kier molecular flexibility index (Phi) is 13.8. The van der Waals surface area contributed by atoms with Gasteiger partial charge in [0.2, 0.25) is 0 Å². The van der Waals surface area contributed by atoms with E-state index in [1.807, 2.05) is 14.1 Å². The van der Waals surface area contributed by atoms with Crippen LogP contribution >= 0.6 is 0 Å². The van der Waals surface area contributed by atoms with E-state index in [0.717, 1.165) is 0 Å². The van der Waals surface area contributed by atoms with Gasteiger partial charge in [0.05, 0.1) is 0 Å². The van der Waals surface area contributed by atoms with Gasteiger partial charge in [-0.05, 0) is 20.2 Å². The fourth-order valence-corrected chi connectivity index (χ4v) is 0.253. The Balaban J connectivity index is 0. The number of nitrogens with zero attached hydrogens (tertiary/aromatic N) is 2. The van der Waals surface area contributed by atoms with Crippen molar-refractivity contribution >= 4 is 6.03 Å². The third-order valence-electron chi connectivity index (χ3n) is 0.478. The van der Waals surface area contributed by atoms with E-state index < -0.39 is 6.03 Å². The molecule has 2 amide bonds. The SMILES string of the molecule is CNC.NC(N)=O.c1cncnc1. The highest BCUT2D eigenvalue weighted by molar-refractivity contribution is 5.69. The molecule has 6 nitrogen and oxygen atoms in total. The number of carbonyl (C=O) groups is 1. The molecule has 1 aromatic heterocycles. The van der Waals surface area contributed by atoms with E-state index in [-0.39, 0.29) is 0 Å². The third kappa shape index (κ3) is 38.3. The predicted octanol–water partition coefficient (Wildman–Crippen LogP) is -0.664. The molecule has 0 radical (unpaired) electrons. The van der Waals surface area contributed by atoms with Crippen LogP contribution in [0.15, 0.2) is 24.8 Å². The number of carbonyl (C=O) groups excluding carboxylic acids is 1. The minimum Gasteiger partial charge on any atom is -0.352 e.